The Kier molecular flexibility index (Phi) is 6.09. The molecule has 1 heterocycles. The van der Waals surface area contributed by atoms with Crippen LogP contribution in [-0.2, 0) is 19.6 Å². The molecule has 2 aliphatic rings. The zero-order chi connectivity index (χ0) is 18.6. The Morgan fingerprint density at radius 1 is 1.12 bits per heavy atom. The van der Waals surface area contributed by atoms with Gasteiger partial charge in [-0.3, -0.25) is 4.79 Å². The number of nitrogens with zero attached hydrogens (tertiary/aromatic N) is 1. The normalized spacial score (nSPS) is 22.3. The van der Waals surface area contributed by atoms with Crippen LogP contribution in [0.4, 0.5) is 4.39 Å². The minimum atomic E-state index is -3.65. The Morgan fingerprint density at radius 2 is 1.81 bits per heavy atom. The second kappa shape index (κ2) is 8.31. The van der Waals surface area contributed by atoms with Crippen molar-refractivity contribution in [3.63, 3.8) is 0 Å². The van der Waals surface area contributed by atoms with Gasteiger partial charge in [0.1, 0.15) is 5.82 Å². The van der Waals surface area contributed by atoms with Crippen molar-refractivity contribution < 1.29 is 22.3 Å². The first-order valence-corrected chi connectivity index (χ1v) is 10.5. The number of carbonyl (C=O) groups is 1. The third-order valence-electron chi connectivity index (χ3n) is 5.08. The van der Waals surface area contributed by atoms with E-state index in [0.717, 1.165) is 31.4 Å². The molecule has 1 aliphatic carbocycles. The SMILES string of the molecule is O=C(OCC1CC=CCC1)C1CCN(S(=O)(=O)c2ccc(F)cc2)CC1. The maximum absolute atomic E-state index is 13.0. The lowest BCUT2D eigenvalue weighted by Gasteiger charge is -2.30. The van der Waals surface area contributed by atoms with Gasteiger partial charge in [0.25, 0.3) is 0 Å². The zero-order valence-corrected chi connectivity index (χ0v) is 15.5. The van der Waals surface area contributed by atoms with E-state index in [1.807, 2.05) is 0 Å². The largest absolute Gasteiger partial charge is 0.465 e. The van der Waals surface area contributed by atoms with Gasteiger partial charge in [-0.25, -0.2) is 12.8 Å². The summed E-state index contributed by atoms with van der Waals surface area (Å²) < 4.78 is 45.0. The predicted octanol–water partition coefficient (Wildman–Crippen LogP) is 3.13. The van der Waals surface area contributed by atoms with E-state index >= 15 is 0 Å². The summed E-state index contributed by atoms with van der Waals surface area (Å²) in [6.45, 7) is 0.981. The fourth-order valence-corrected chi connectivity index (χ4v) is 4.88. The van der Waals surface area contributed by atoms with E-state index < -0.39 is 15.8 Å². The van der Waals surface area contributed by atoms with E-state index in [1.165, 1.54) is 16.4 Å². The van der Waals surface area contributed by atoms with E-state index in [2.05, 4.69) is 12.2 Å². The molecule has 1 atom stereocenters. The molecule has 3 rings (SSSR count). The van der Waals surface area contributed by atoms with Crippen molar-refractivity contribution in [2.45, 2.75) is 37.0 Å². The number of hydrogen-bond acceptors (Lipinski definition) is 4. The first-order chi connectivity index (χ1) is 12.5. The molecule has 1 aromatic rings. The van der Waals surface area contributed by atoms with Gasteiger partial charge in [-0.1, -0.05) is 12.2 Å². The highest BCUT2D eigenvalue weighted by atomic mass is 32.2. The molecular weight excluding hydrogens is 357 g/mol. The average Bonchev–Trinajstić information content (AvgIpc) is 2.67. The van der Waals surface area contributed by atoms with Crippen LogP contribution in [0.15, 0.2) is 41.3 Å². The number of benzene rings is 1. The summed E-state index contributed by atoms with van der Waals surface area (Å²) in [7, 11) is -3.65. The summed E-state index contributed by atoms with van der Waals surface area (Å²) in [6.07, 6.45) is 8.19. The minimum Gasteiger partial charge on any atom is -0.465 e. The monoisotopic (exact) mass is 381 g/mol. The van der Waals surface area contributed by atoms with Crippen molar-refractivity contribution in [1.29, 1.82) is 0 Å². The summed E-state index contributed by atoms with van der Waals surface area (Å²) in [5.41, 5.74) is 0. The van der Waals surface area contributed by atoms with Crippen LogP contribution in [0.2, 0.25) is 0 Å². The number of hydrogen-bond donors (Lipinski definition) is 0. The second-order valence-electron chi connectivity index (χ2n) is 6.91. The smallest absolute Gasteiger partial charge is 0.309 e. The van der Waals surface area contributed by atoms with Gasteiger partial charge in [-0.05, 0) is 62.3 Å². The van der Waals surface area contributed by atoms with E-state index in [4.69, 9.17) is 4.74 Å². The van der Waals surface area contributed by atoms with E-state index in [9.17, 15) is 17.6 Å². The molecule has 0 spiro atoms. The van der Waals surface area contributed by atoms with Crippen molar-refractivity contribution in [2.75, 3.05) is 19.7 Å². The Hall–Kier alpha value is -1.73. The highest BCUT2D eigenvalue weighted by Crippen LogP contribution is 2.25. The minimum absolute atomic E-state index is 0.0743. The van der Waals surface area contributed by atoms with Gasteiger partial charge in [0.2, 0.25) is 10.0 Å². The number of ether oxygens (including phenoxy) is 1. The summed E-state index contributed by atoms with van der Waals surface area (Å²) >= 11 is 0. The third kappa shape index (κ3) is 4.51. The third-order valence-corrected chi connectivity index (χ3v) is 6.99. The lowest BCUT2D eigenvalue weighted by Crippen LogP contribution is -2.40. The van der Waals surface area contributed by atoms with Gasteiger partial charge in [0.05, 0.1) is 17.4 Å². The van der Waals surface area contributed by atoms with Crippen LogP contribution in [0.1, 0.15) is 32.1 Å². The molecule has 0 bridgehead atoms. The maximum Gasteiger partial charge on any atom is 0.309 e. The van der Waals surface area contributed by atoms with Crippen LogP contribution >= 0.6 is 0 Å². The van der Waals surface area contributed by atoms with Crippen molar-refractivity contribution >= 4 is 16.0 Å². The number of carbonyl (C=O) groups excluding carboxylic acids is 1. The van der Waals surface area contributed by atoms with E-state index in [-0.39, 0.29) is 29.9 Å². The standard InChI is InChI=1S/C19H24FNO4S/c20-17-6-8-18(9-7-17)26(23,24)21-12-10-16(11-13-21)19(22)25-14-15-4-2-1-3-5-15/h1-2,6-9,15-16H,3-5,10-14H2. The molecular formula is C19H24FNO4S. The number of allylic oxidation sites excluding steroid dienone is 2. The first kappa shape index (κ1) is 19.0. The molecule has 1 aromatic carbocycles. The fraction of sp³-hybridized carbons (Fsp3) is 0.526. The molecule has 0 N–H and O–H groups in total. The van der Waals surface area contributed by atoms with Crippen LogP contribution in [0.25, 0.3) is 0 Å². The molecule has 7 heteroatoms. The summed E-state index contributed by atoms with van der Waals surface area (Å²) in [5.74, 6) is -0.561. The van der Waals surface area contributed by atoms with Crippen molar-refractivity contribution in [3.8, 4) is 0 Å². The van der Waals surface area contributed by atoms with E-state index in [0.29, 0.717) is 25.4 Å². The van der Waals surface area contributed by atoms with Gasteiger partial charge >= 0.3 is 5.97 Å². The molecule has 1 saturated heterocycles. The quantitative estimate of drug-likeness (QED) is 0.581. The van der Waals surface area contributed by atoms with Crippen LogP contribution in [0, 0.1) is 17.7 Å². The Labute approximate surface area is 153 Å². The average molecular weight is 381 g/mol. The molecule has 1 fully saturated rings. The molecule has 26 heavy (non-hydrogen) atoms. The summed E-state index contributed by atoms with van der Waals surface area (Å²) in [4.78, 5) is 12.3. The van der Waals surface area contributed by atoms with Crippen LogP contribution in [0.5, 0.6) is 0 Å². The van der Waals surface area contributed by atoms with Crippen LogP contribution in [-0.4, -0.2) is 38.4 Å². The molecule has 1 unspecified atom stereocenters. The fourth-order valence-electron chi connectivity index (χ4n) is 3.41. The molecule has 1 aliphatic heterocycles. The van der Waals surface area contributed by atoms with Crippen LogP contribution in [0.3, 0.4) is 0 Å². The molecule has 0 aromatic heterocycles. The summed E-state index contributed by atoms with van der Waals surface area (Å²) in [5, 5.41) is 0. The molecule has 0 saturated carbocycles. The lowest BCUT2D eigenvalue weighted by atomic mass is 9.95. The molecule has 5 nitrogen and oxygen atoms in total. The highest BCUT2D eigenvalue weighted by Gasteiger charge is 2.33. The lowest BCUT2D eigenvalue weighted by molar-refractivity contribution is -0.151. The zero-order valence-electron chi connectivity index (χ0n) is 14.6. The number of esters is 1. The Morgan fingerprint density at radius 3 is 2.42 bits per heavy atom. The van der Waals surface area contributed by atoms with Crippen LogP contribution < -0.4 is 0 Å². The molecule has 142 valence electrons. The van der Waals surface area contributed by atoms with Gasteiger partial charge in [0, 0.05) is 13.1 Å². The van der Waals surface area contributed by atoms with Crippen molar-refractivity contribution in [1.82, 2.24) is 4.31 Å². The number of halogens is 1. The van der Waals surface area contributed by atoms with Gasteiger partial charge in [0.15, 0.2) is 0 Å². The van der Waals surface area contributed by atoms with Crippen molar-refractivity contribution in [2.24, 2.45) is 11.8 Å². The van der Waals surface area contributed by atoms with Gasteiger partial charge < -0.3 is 4.74 Å². The first-order valence-electron chi connectivity index (χ1n) is 9.04. The number of rotatable bonds is 5. The summed E-state index contributed by atoms with van der Waals surface area (Å²) in [6, 6.07) is 4.81. The van der Waals surface area contributed by atoms with Gasteiger partial charge in [-0.2, -0.15) is 4.31 Å². The predicted molar refractivity (Wildman–Crippen MR) is 95.3 cm³/mol. The molecule has 0 radical (unpaired) electrons. The number of sulfonamides is 1. The van der Waals surface area contributed by atoms with E-state index in [1.54, 1.807) is 0 Å². The van der Waals surface area contributed by atoms with Crippen molar-refractivity contribution in [3.05, 3.63) is 42.2 Å². The second-order valence-corrected chi connectivity index (χ2v) is 8.85. The Bertz CT molecular complexity index is 752. The highest BCUT2D eigenvalue weighted by molar-refractivity contribution is 7.89. The Balaban J connectivity index is 1.51. The maximum atomic E-state index is 13.0. The number of piperidine rings is 1. The van der Waals surface area contributed by atoms with Gasteiger partial charge in [-0.15, -0.1) is 0 Å². The molecule has 0 amide bonds. The topological polar surface area (TPSA) is 63.7 Å².